The molecule has 1 unspecified atom stereocenters. The number of amides is 1. The minimum Gasteiger partial charge on any atom is -0.340 e. The van der Waals surface area contributed by atoms with Crippen LogP contribution in [0.4, 0.5) is 11.6 Å². The lowest BCUT2D eigenvalue weighted by Crippen LogP contribution is -2.41. The van der Waals surface area contributed by atoms with E-state index in [0.717, 1.165) is 35.1 Å². The van der Waals surface area contributed by atoms with Gasteiger partial charge in [0.15, 0.2) is 5.16 Å². The fraction of sp³-hybridized carbons (Fsp3) is 0.300. The molecule has 7 nitrogen and oxygen atoms in total. The number of aryl methyl sites for hydroxylation is 1. The minimum absolute atomic E-state index is 0.0464. The number of carbonyl (C=O) groups excluding carboxylic acids is 1. The first-order chi connectivity index (χ1) is 13.7. The van der Waals surface area contributed by atoms with E-state index in [-0.39, 0.29) is 11.8 Å². The van der Waals surface area contributed by atoms with Crippen LogP contribution in [0.5, 0.6) is 0 Å². The summed E-state index contributed by atoms with van der Waals surface area (Å²) >= 11 is 1.59. The Morgan fingerprint density at radius 3 is 2.64 bits per heavy atom. The molecule has 1 aromatic carbocycles. The fourth-order valence-corrected chi connectivity index (χ4v) is 4.04. The number of nitrogens with one attached hydrogen (secondary N) is 1. The summed E-state index contributed by atoms with van der Waals surface area (Å²) in [5.41, 5.74) is 0.808. The second kappa shape index (κ2) is 8.43. The third-order valence-electron chi connectivity index (χ3n) is 4.74. The standard InChI is InChI=1S/C20H22N6OS/c1-25-13-11-23-20(25)28-17-7-5-16(6-8-17)24-18(27)15-4-2-12-26(14-15)19-21-9-3-10-22-19/h3,5-11,13,15H,2,4,12,14H2,1H3,(H,24,27). The predicted octanol–water partition coefficient (Wildman–Crippen LogP) is 3.22. The molecule has 1 aliphatic heterocycles. The summed E-state index contributed by atoms with van der Waals surface area (Å²) in [5, 5.41) is 3.98. The number of imidazole rings is 1. The Labute approximate surface area is 168 Å². The number of hydrogen-bond donors (Lipinski definition) is 1. The van der Waals surface area contributed by atoms with Gasteiger partial charge in [0.1, 0.15) is 0 Å². The number of piperidine rings is 1. The van der Waals surface area contributed by atoms with Gasteiger partial charge >= 0.3 is 0 Å². The van der Waals surface area contributed by atoms with Crippen LogP contribution in [-0.4, -0.2) is 38.5 Å². The van der Waals surface area contributed by atoms with E-state index >= 15 is 0 Å². The second-order valence-electron chi connectivity index (χ2n) is 6.77. The molecule has 1 atom stereocenters. The molecule has 4 rings (SSSR count). The fourth-order valence-electron chi connectivity index (χ4n) is 3.23. The van der Waals surface area contributed by atoms with E-state index in [9.17, 15) is 4.79 Å². The largest absolute Gasteiger partial charge is 0.340 e. The van der Waals surface area contributed by atoms with Crippen molar-refractivity contribution in [1.29, 1.82) is 0 Å². The quantitative estimate of drug-likeness (QED) is 0.716. The van der Waals surface area contributed by atoms with E-state index in [1.807, 2.05) is 42.1 Å². The van der Waals surface area contributed by atoms with Crippen molar-refractivity contribution in [3.8, 4) is 0 Å². The van der Waals surface area contributed by atoms with Gasteiger partial charge in [0.2, 0.25) is 11.9 Å². The SMILES string of the molecule is Cn1ccnc1Sc1ccc(NC(=O)C2CCCN(c3ncccn3)C2)cc1. The van der Waals surface area contributed by atoms with Crippen LogP contribution in [0.25, 0.3) is 0 Å². The third kappa shape index (κ3) is 4.33. The maximum absolute atomic E-state index is 12.7. The Hall–Kier alpha value is -2.87. The Kier molecular flexibility index (Phi) is 5.57. The number of hydrogen-bond acceptors (Lipinski definition) is 6. The predicted molar refractivity (Wildman–Crippen MR) is 109 cm³/mol. The van der Waals surface area contributed by atoms with Crippen molar-refractivity contribution in [1.82, 2.24) is 19.5 Å². The first-order valence-corrected chi connectivity index (χ1v) is 10.1. The maximum Gasteiger partial charge on any atom is 0.229 e. The molecule has 0 saturated carbocycles. The first kappa shape index (κ1) is 18.5. The highest BCUT2D eigenvalue weighted by molar-refractivity contribution is 7.99. The summed E-state index contributed by atoms with van der Waals surface area (Å²) < 4.78 is 1.98. The van der Waals surface area contributed by atoms with Gasteiger partial charge in [-0.15, -0.1) is 0 Å². The van der Waals surface area contributed by atoms with Crippen LogP contribution in [0.3, 0.4) is 0 Å². The summed E-state index contributed by atoms with van der Waals surface area (Å²) in [6.45, 7) is 1.52. The van der Waals surface area contributed by atoms with E-state index in [2.05, 4.69) is 25.2 Å². The van der Waals surface area contributed by atoms with Gasteiger partial charge < -0.3 is 14.8 Å². The van der Waals surface area contributed by atoms with E-state index < -0.39 is 0 Å². The van der Waals surface area contributed by atoms with E-state index in [1.54, 1.807) is 36.4 Å². The molecule has 144 valence electrons. The summed E-state index contributed by atoms with van der Waals surface area (Å²) in [6, 6.07) is 9.67. The van der Waals surface area contributed by atoms with Gasteiger partial charge in [-0.05, 0) is 43.2 Å². The van der Waals surface area contributed by atoms with Crippen LogP contribution in [-0.2, 0) is 11.8 Å². The minimum atomic E-state index is -0.0702. The zero-order valence-electron chi connectivity index (χ0n) is 15.7. The highest BCUT2D eigenvalue weighted by Crippen LogP contribution is 2.27. The Bertz CT molecular complexity index is 927. The second-order valence-corrected chi connectivity index (χ2v) is 7.81. The topological polar surface area (TPSA) is 75.9 Å². The summed E-state index contributed by atoms with van der Waals surface area (Å²) in [5.74, 6) is 0.667. The Morgan fingerprint density at radius 2 is 1.93 bits per heavy atom. The van der Waals surface area contributed by atoms with E-state index in [1.165, 1.54) is 0 Å². The number of carbonyl (C=O) groups is 1. The van der Waals surface area contributed by atoms with Gasteiger partial charge in [-0.1, -0.05) is 11.8 Å². The molecule has 0 bridgehead atoms. The first-order valence-electron chi connectivity index (χ1n) is 9.27. The molecular weight excluding hydrogens is 372 g/mol. The Morgan fingerprint density at radius 1 is 1.14 bits per heavy atom. The van der Waals surface area contributed by atoms with Gasteiger partial charge in [0.25, 0.3) is 0 Å². The van der Waals surface area contributed by atoms with Crippen molar-refractivity contribution < 1.29 is 4.79 Å². The molecule has 28 heavy (non-hydrogen) atoms. The lowest BCUT2D eigenvalue weighted by atomic mass is 9.97. The summed E-state index contributed by atoms with van der Waals surface area (Å²) in [7, 11) is 1.97. The molecule has 1 fully saturated rings. The Balaban J connectivity index is 1.36. The van der Waals surface area contributed by atoms with Gasteiger partial charge in [0.05, 0.1) is 5.92 Å². The highest BCUT2D eigenvalue weighted by atomic mass is 32.2. The number of nitrogens with zero attached hydrogens (tertiary/aromatic N) is 5. The van der Waals surface area contributed by atoms with Crippen molar-refractivity contribution >= 4 is 29.3 Å². The van der Waals surface area contributed by atoms with E-state index in [4.69, 9.17) is 0 Å². The lowest BCUT2D eigenvalue weighted by Gasteiger charge is -2.31. The number of aromatic nitrogens is 4. The molecule has 1 amide bonds. The number of benzene rings is 1. The molecule has 1 N–H and O–H groups in total. The summed E-state index contributed by atoms with van der Waals surface area (Å²) in [6.07, 6.45) is 9.00. The summed E-state index contributed by atoms with van der Waals surface area (Å²) in [4.78, 5) is 28.8. The zero-order chi connectivity index (χ0) is 19.3. The van der Waals surface area contributed by atoms with Crippen LogP contribution in [0.1, 0.15) is 12.8 Å². The molecule has 3 heterocycles. The third-order valence-corrected chi connectivity index (χ3v) is 5.82. The van der Waals surface area contributed by atoms with Crippen molar-refractivity contribution in [2.24, 2.45) is 13.0 Å². The molecule has 2 aromatic heterocycles. The van der Waals surface area contributed by atoms with Crippen molar-refractivity contribution in [2.45, 2.75) is 22.9 Å². The van der Waals surface area contributed by atoms with Gasteiger partial charge in [-0.2, -0.15) is 0 Å². The van der Waals surface area contributed by atoms with Crippen molar-refractivity contribution in [3.05, 3.63) is 55.1 Å². The molecule has 0 aliphatic carbocycles. The van der Waals surface area contributed by atoms with Gasteiger partial charge in [-0.25, -0.2) is 15.0 Å². The highest BCUT2D eigenvalue weighted by Gasteiger charge is 2.27. The van der Waals surface area contributed by atoms with Crippen LogP contribution in [0, 0.1) is 5.92 Å². The molecular formula is C20H22N6OS. The average Bonchev–Trinajstić information content (AvgIpc) is 3.14. The smallest absolute Gasteiger partial charge is 0.229 e. The van der Waals surface area contributed by atoms with Crippen molar-refractivity contribution in [2.75, 3.05) is 23.3 Å². The maximum atomic E-state index is 12.7. The molecule has 1 aliphatic rings. The molecule has 0 radical (unpaired) electrons. The van der Waals surface area contributed by atoms with Crippen LogP contribution >= 0.6 is 11.8 Å². The normalized spacial score (nSPS) is 16.8. The van der Waals surface area contributed by atoms with Crippen molar-refractivity contribution in [3.63, 3.8) is 0 Å². The van der Waals surface area contributed by atoms with Crippen LogP contribution < -0.4 is 10.2 Å². The monoisotopic (exact) mass is 394 g/mol. The van der Waals surface area contributed by atoms with E-state index in [0.29, 0.717) is 12.5 Å². The zero-order valence-corrected chi connectivity index (χ0v) is 16.5. The average molecular weight is 395 g/mol. The molecule has 3 aromatic rings. The van der Waals surface area contributed by atoms with Crippen LogP contribution in [0.15, 0.2) is 65.2 Å². The number of anilines is 2. The van der Waals surface area contributed by atoms with Crippen LogP contribution in [0.2, 0.25) is 0 Å². The van der Waals surface area contributed by atoms with Gasteiger partial charge in [0, 0.05) is 55.5 Å². The lowest BCUT2D eigenvalue weighted by molar-refractivity contribution is -0.120. The van der Waals surface area contributed by atoms with Gasteiger partial charge in [-0.3, -0.25) is 4.79 Å². The molecule has 0 spiro atoms. The number of rotatable bonds is 5. The molecule has 1 saturated heterocycles. The molecule has 8 heteroatoms.